The van der Waals surface area contributed by atoms with Crippen LogP contribution < -0.4 is 0 Å². The minimum Gasteiger partial charge on any atom is -0.465 e. The third-order valence-electron chi connectivity index (χ3n) is 3.88. The third-order valence-corrected chi connectivity index (χ3v) is 3.88. The molecule has 122 valence electrons. The Morgan fingerprint density at radius 1 is 1.12 bits per heavy atom. The largest absolute Gasteiger partial charge is 0.465 e. The molecule has 0 saturated heterocycles. The van der Waals surface area contributed by atoms with Crippen molar-refractivity contribution in [2.45, 2.75) is 13.8 Å². The predicted molar refractivity (Wildman–Crippen MR) is 89.8 cm³/mol. The second-order valence-corrected chi connectivity index (χ2v) is 5.53. The lowest BCUT2D eigenvalue weighted by atomic mass is 10.0. The fraction of sp³-hybridized carbons (Fsp3) is 0.158. The van der Waals surface area contributed by atoms with Gasteiger partial charge in [-0.05, 0) is 38.1 Å². The molecular formula is C19H17FN2O2. The smallest absolute Gasteiger partial charge is 0.342 e. The highest BCUT2D eigenvalue weighted by Crippen LogP contribution is 2.30. The summed E-state index contributed by atoms with van der Waals surface area (Å²) < 4.78 is 20.9. The molecule has 0 aliphatic rings. The van der Waals surface area contributed by atoms with E-state index in [0.717, 1.165) is 11.3 Å². The molecule has 3 aromatic rings. The number of rotatable bonds is 3. The van der Waals surface area contributed by atoms with E-state index in [2.05, 4.69) is 5.10 Å². The summed E-state index contributed by atoms with van der Waals surface area (Å²) in [5.41, 5.74) is 3.11. The highest BCUT2D eigenvalue weighted by Gasteiger charge is 2.25. The van der Waals surface area contributed by atoms with Crippen LogP contribution in [0.15, 0.2) is 48.5 Å². The molecule has 0 spiro atoms. The van der Waals surface area contributed by atoms with Crippen LogP contribution in [0.2, 0.25) is 0 Å². The number of carbonyl (C=O) groups excluding carboxylic acids is 1. The molecule has 24 heavy (non-hydrogen) atoms. The van der Waals surface area contributed by atoms with Crippen LogP contribution >= 0.6 is 0 Å². The van der Waals surface area contributed by atoms with Crippen LogP contribution in [0.3, 0.4) is 0 Å². The summed E-state index contributed by atoms with van der Waals surface area (Å²) in [5.74, 6) is -0.964. The van der Waals surface area contributed by atoms with Gasteiger partial charge in [0.05, 0.1) is 18.5 Å². The number of nitrogens with zero attached hydrogens (tertiary/aromatic N) is 2. The van der Waals surface area contributed by atoms with Crippen LogP contribution in [0.1, 0.15) is 21.6 Å². The Morgan fingerprint density at radius 3 is 2.50 bits per heavy atom. The van der Waals surface area contributed by atoms with Crippen molar-refractivity contribution in [2.24, 2.45) is 0 Å². The number of hydrogen-bond acceptors (Lipinski definition) is 3. The maximum absolute atomic E-state index is 14.3. The summed E-state index contributed by atoms with van der Waals surface area (Å²) in [6, 6.07) is 14.1. The number of ether oxygens (including phenoxy) is 1. The molecule has 0 radical (unpaired) electrons. The van der Waals surface area contributed by atoms with Gasteiger partial charge in [-0.15, -0.1) is 0 Å². The number of methoxy groups -OCH3 is 1. The van der Waals surface area contributed by atoms with Crippen molar-refractivity contribution in [1.29, 1.82) is 0 Å². The van der Waals surface area contributed by atoms with Gasteiger partial charge in [-0.1, -0.05) is 29.8 Å². The molecule has 4 nitrogen and oxygen atoms in total. The van der Waals surface area contributed by atoms with E-state index < -0.39 is 11.8 Å². The van der Waals surface area contributed by atoms with Crippen molar-refractivity contribution in [2.75, 3.05) is 7.11 Å². The summed E-state index contributed by atoms with van der Waals surface area (Å²) in [6.45, 7) is 3.63. The first kappa shape index (κ1) is 15.9. The molecule has 3 rings (SSSR count). The summed E-state index contributed by atoms with van der Waals surface area (Å²) in [6.07, 6.45) is 0. The molecule has 1 aromatic heterocycles. The molecule has 5 heteroatoms. The minimum absolute atomic E-state index is 0.269. The lowest BCUT2D eigenvalue weighted by Crippen LogP contribution is -2.05. The number of esters is 1. The molecule has 0 saturated carbocycles. The van der Waals surface area contributed by atoms with E-state index in [1.165, 1.54) is 13.2 Å². The molecule has 0 aliphatic carbocycles. The lowest BCUT2D eigenvalue weighted by molar-refractivity contribution is 0.0600. The van der Waals surface area contributed by atoms with Crippen molar-refractivity contribution in [3.63, 3.8) is 0 Å². The zero-order valence-corrected chi connectivity index (χ0v) is 13.7. The second kappa shape index (κ2) is 6.28. The van der Waals surface area contributed by atoms with Gasteiger partial charge in [0.1, 0.15) is 17.1 Å². The number of aryl methyl sites for hydroxylation is 1. The van der Waals surface area contributed by atoms with Crippen LogP contribution in [0.25, 0.3) is 16.9 Å². The summed E-state index contributed by atoms with van der Waals surface area (Å²) in [7, 11) is 1.30. The van der Waals surface area contributed by atoms with Gasteiger partial charge in [0.2, 0.25) is 0 Å². The fourth-order valence-electron chi connectivity index (χ4n) is 2.68. The molecule has 0 unspecified atom stereocenters. The molecule has 0 fully saturated rings. The van der Waals surface area contributed by atoms with Crippen molar-refractivity contribution in [3.05, 3.63) is 71.2 Å². The Hall–Kier alpha value is -2.95. The van der Waals surface area contributed by atoms with Crippen molar-refractivity contribution < 1.29 is 13.9 Å². The van der Waals surface area contributed by atoms with Crippen LogP contribution in [-0.2, 0) is 4.74 Å². The maximum atomic E-state index is 14.3. The van der Waals surface area contributed by atoms with Gasteiger partial charge >= 0.3 is 5.97 Å². The highest BCUT2D eigenvalue weighted by molar-refractivity contribution is 5.97. The first-order chi connectivity index (χ1) is 11.5. The van der Waals surface area contributed by atoms with E-state index in [9.17, 15) is 9.18 Å². The molecular weight excluding hydrogens is 307 g/mol. The third kappa shape index (κ3) is 2.69. The van der Waals surface area contributed by atoms with Gasteiger partial charge in [-0.2, -0.15) is 5.10 Å². The average molecular weight is 324 g/mol. The predicted octanol–water partition coefficient (Wildman–Crippen LogP) is 4.08. The average Bonchev–Trinajstić information content (AvgIpc) is 2.94. The van der Waals surface area contributed by atoms with Gasteiger partial charge in [0.25, 0.3) is 0 Å². The number of carbonyl (C=O) groups is 1. The molecule has 0 bridgehead atoms. The number of aromatic nitrogens is 2. The zero-order valence-electron chi connectivity index (χ0n) is 13.7. The Kier molecular flexibility index (Phi) is 4.16. The SMILES string of the molecule is COC(=O)c1c(-c2cc(C)ccc2F)nn(-c2ccccc2)c1C. The molecule has 0 amide bonds. The van der Waals surface area contributed by atoms with Crippen molar-refractivity contribution >= 4 is 5.97 Å². The normalized spacial score (nSPS) is 10.7. The number of para-hydroxylation sites is 1. The van der Waals surface area contributed by atoms with Crippen LogP contribution in [0.5, 0.6) is 0 Å². The molecule has 0 aliphatic heterocycles. The summed E-state index contributed by atoms with van der Waals surface area (Å²) in [5, 5.41) is 4.50. The topological polar surface area (TPSA) is 44.1 Å². The van der Waals surface area contributed by atoms with Crippen LogP contribution in [0.4, 0.5) is 4.39 Å². The lowest BCUT2D eigenvalue weighted by Gasteiger charge is -2.04. The first-order valence-corrected chi connectivity index (χ1v) is 7.53. The molecule has 0 atom stereocenters. The Morgan fingerprint density at radius 2 is 1.83 bits per heavy atom. The Labute approximate surface area is 139 Å². The van der Waals surface area contributed by atoms with E-state index in [4.69, 9.17) is 4.74 Å². The number of halogens is 1. The van der Waals surface area contributed by atoms with Gasteiger partial charge in [-0.25, -0.2) is 13.9 Å². The molecule has 0 N–H and O–H groups in total. The van der Waals surface area contributed by atoms with Crippen molar-refractivity contribution in [3.8, 4) is 16.9 Å². The number of hydrogen-bond donors (Lipinski definition) is 0. The van der Waals surface area contributed by atoms with Crippen molar-refractivity contribution in [1.82, 2.24) is 9.78 Å². The summed E-state index contributed by atoms with van der Waals surface area (Å²) in [4.78, 5) is 12.3. The van der Waals surface area contributed by atoms with E-state index in [0.29, 0.717) is 5.69 Å². The monoisotopic (exact) mass is 324 g/mol. The fourth-order valence-corrected chi connectivity index (χ4v) is 2.68. The van der Waals surface area contributed by atoms with Gasteiger partial charge in [0.15, 0.2) is 0 Å². The highest BCUT2D eigenvalue weighted by atomic mass is 19.1. The minimum atomic E-state index is -0.536. The first-order valence-electron chi connectivity index (χ1n) is 7.53. The molecule has 1 heterocycles. The molecule has 2 aromatic carbocycles. The van der Waals surface area contributed by atoms with Crippen LogP contribution in [0, 0.1) is 19.7 Å². The standard InChI is InChI=1S/C19H17FN2O2/c1-12-9-10-16(20)15(11-12)18-17(19(23)24-3)13(2)22(21-18)14-7-5-4-6-8-14/h4-11H,1-3H3. The van der Waals surface area contributed by atoms with Gasteiger partial charge in [-0.3, -0.25) is 0 Å². The quantitative estimate of drug-likeness (QED) is 0.682. The van der Waals surface area contributed by atoms with E-state index in [-0.39, 0.29) is 16.8 Å². The number of benzene rings is 2. The van der Waals surface area contributed by atoms with Crippen LogP contribution in [-0.4, -0.2) is 22.9 Å². The maximum Gasteiger partial charge on any atom is 0.342 e. The Balaban J connectivity index is 2.29. The van der Waals surface area contributed by atoms with E-state index in [1.807, 2.05) is 37.3 Å². The summed E-state index contributed by atoms with van der Waals surface area (Å²) >= 11 is 0. The second-order valence-electron chi connectivity index (χ2n) is 5.53. The van der Waals surface area contributed by atoms with E-state index in [1.54, 1.807) is 23.7 Å². The van der Waals surface area contributed by atoms with Gasteiger partial charge < -0.3 is 4.74 Å². The Bertz CT molecular complexity index is 901. The zero-order chi connectivity index (χ0) is 17.3. The van der Waals surface area contributed by atoms with E-state index >= 15 is 0 Å². The van der Waals surface area contributed by atoms with Gasteiger partial charge in [0, 0.05) is 5.56 Å².